The molecule has 0 aliphatic rings. The standard InChI is InChI=1S/C22H17ClF3N9O2S/c1-10(33-19(36)14-5-18(32-9-31-14)34-11-2-3-16(27)28-6-11)21-30-8-15(38-21)20(37)35-17-4-12(22(24,25)26)13(23)7-29-17/h2-10H,1H3,(H2,27,28)(H,33,36)(H,29,35,37)(H,31,32,34). The predicted octanol–water partition coefficient (Wildman–Crippen LogP) is 4.46. The Morgan fingerprint density at radius 2 is 1.79 bits per heavy atom. The zero-order valence-electron chi connectivity index (χ0n) is 19.2. The molecular weight excluding hydrogens is 547 g/mol. The van der Waals surface area contributed by atoms with Crippen LogP contribution in [0.3, 0.4) is 0 Å². The zero-order valence-corrected chi connectivity index (χ0v) is 20.8. The highest BCUT2D eigenvalue weighted by atomic mass is 35.5. The Morgan fingerprint density at radius 1 is 1.00 bits per heavy atom. The van der Waals surface area contributed by atoms with Gasteiger partial charge in [-0.25, -0.2) is 24.9 Å². The van der Waals surface area contributed by atoms with Gasteiger partial charge in [-0.15, -0.1) is 11.3 Å². The van der Waals surface area contributed by atoms with Crippen molar-refractivity contribution in [3.8, 4) is 0 Å². The van der Waals surface area contributed by atoms with E-state index in [0.29, 0.717) is 28.4 Å². The summed E-state index contributed by atoms with van der Waals surface area (Å²) in [4.78, 5) is 45.2. The van der Waals surface area contributed by atoms with Gasteiger partial charge in [0.05, 0.1) is 34.7 Å². The molecule has 38 heavy (non-hydrogen) atoms. The van der Waals surface area contributed by atoms with Crippen LogP contribution in [-0.4, -0.2) is 36.7 Å². The van der Waals surface area contributed by atoms with Crippen LogP contribution in [0, 0.1) is 0 Å². The molecule has 11 nitrogen and oxygen atoms in total. The summed E-state index contributed by atoms with van der Waals surface area (Å²) in [5.74, 6) is -0.871. The molecular formula is C22H17ClF3N9O2S. The van der Waals surface area contributed by atoms with Gasteiger partial charge in [-0.2, -0.15) is 13.2 Å². The molecule has 0 bridgehead atoms. The molecule has 0 spiro atoms. The van der Waals surface area contributed by atoms with Crippen LogP contribution in [0.25, 0.3) is 0 Å². The van der Waals surface area contributed by atoms with Gasteiger partial charge in [0.1, 0.15) is 39.4 Å². The lowest BCUT2D eigenvalue weighted by Crippen LogP contribution is -2.27. The SMILES string of the molecule is CC(NC(=O)c1cc(Nc2ccc(N)nc2)ncn1)c1ncc(C(=O)Nc2cc(C(F)(F)F)c(Cl)cn2)s1. The van der Waals surface area contributed by atoms with Crippen LogP contribution in [0.15, 0.2) is 49.2 Å². The number of anilines is 4. The van der Waals surface area contributed by atoms with E-state index in [1.165, 1.54) is 24.8 Å². The number of nitrogen functional groups attached to an aromatic ring is 1. The van der Waals surface area contributed by atoms with Gasteiger partial charge >= 0.3 is 6.18 Å². The molecule has 0 aliphatic heterocycles. The molecule has 4 aromatic heterocycles. The average Bonchev–Trinajstić information content (AvgIpc) is 3.37. The fraction of sp³-hybridized carbons (Fsp3) is 0.136. The Bertz CT molecular complexity index is 1480. The molecule has 5 N–H and O–H groups in total. The van der Waals surface area contributed by atoms with Crippen molar-refractivity contribution >= 4 is 57.9 Å². The number of nitrogens with zero attached hydrogens (tertiary/aromatic N) is 5. The molecule has 4 aromatic rings. The Balaban J connectivity index is 1.39. The van der Waals surface area contributed by atoms with Gasteiger partial charge in [0.25, 0.3) is 11.8 Å². The number of thiazole rings is 1. The van der Waals surface area contributed by atoms with E-state index in [4.69, 9.17) is 17.3 Å². The number of aromatic nitrogens is 5. The first kappa shape index (κ1) is 26.7. The van der Waals surface area contributed by atoms with Gasteiger partial charge in [0.15, 0.2) is 0 Å². The summed E-state index contributed by atoms with van der Waals surface area (Å²) in [6, 6.07) is 4.76. The fourth-order valence-electron chi connectivity index (χ4n) is 3.00. The molecule has 4 heterocycles. The molecule has 0 aliphatic carbocycles. The molecule has 0 saturated heterocycles. The van der Waals surface area contributed by atoms with E-state index < -0.39 is 34.6 Å². The number of hydrogen-bond donors (Lipinski definition) is 4. The molecule has 16 heteroatoms. The quantitative estimate of drug-likeness (QED) is 0.254. The predicted molar refractivity (Wildman–Crippen MR) is 134 cm³/mol. The van der Waals surface area contributed by atoms with Crippen LogP contribution in [0.5, 0.6) is 0 Å². The first-order chi connectivity index (χ1) is 18.0. The maximum Gasteiger partial charge on any atom is 0.418 e. The van der Waals surface area contributed by atoms with Crippen LogP contribution in [0.4, 0.5) is 36.3 Å². The second kappa shape index (κ2) is 10.9. The molecule has 196 valence electrons. The molecule has 0 aromatic carbocycles. The number of nitrogens with two attached hydrogens (primary N) is 1. The Labute approximate surface area is 221 Å². The van der Waals surface area contributed by atoms with E-state index in [2.05, 4.69) is 40.9 Å². The highest BCUT2D eigenvalue weighted by Crippen LogP contribution is 2.35. The van der Waals surface area contributed by atoms with E-state index in [1.54, 1.807) is 19.1 Å². The topological polar surface area (TPSA) is 161 Å². The van der Waals surface area contributed by atoms with Gasteiger partial charge in [0, 0.05) is 12.3 Å². The van der Waals surface area contributed by atoms with Crippen molar-refractivity contribution in [2.75, 3.05) is 16.4 Å². The number of alkyl halides is 3. The third-order valence-electron chi connectivity index (χ3n) is 4.83. The summed E-state index contributed by atoms with van der Waals surface area (Å²) in [7, 11) is 0. The van der Waals surface area contributed by atoms with Crippen molar-refractivity contribution in [3.63, 3.8) is 0 Å². The smallest absolute Gasteiger partial charge is 0.384 e. The lowest BCUT2D eigenvalue weighted by atomic mass is 10.2. The highest BCUT2D eigenvalue weighted by Gasteiger charge is 2.34. The summed E-state index contributed by atoms with van der Waals surface area (Å²) in [5.41, 5.74) is 5.12. The zero-order chi connectivity index (χ0) is 27.4. The van der Waals surface area contributed by atoms with Crippen molar-refractivity contribution < 1.29 is 22.8 Å². The minimum Gasteiger partial charge on any atom is -0.384 e. The van der Waals surface area contributed by atoms with Gasteiger partial charge in [0.2, 0.25) is 0 Å². The number of nitrogens with one attached hydrogen (secondary N) is 3. The monoisotopic (exact) mass is 563 g/mol. The first-order valence-corrected chi connectivity index (χ1v) is 11.8. The summed E-state index contributed by atoms with van der Waals surface area (Å²) < 4.78 is 39.2. The van der Waals surface area contributed by atoms with Gasteiger partial charge in [-0.1, -0.05) is 11.6 Å². The van der Waals surface area contributed by atoms with Gasteiger partial charge in [-0.05, 0) is 25.1 Å². The minimum absolute atomic E-state index is 0.0709. The van der Waals surface area contributed by atoms with Crippen LogP contribution in [-0.2, 0) is 6.18 Å². The van der Waals surface area contributed by atoms with Crippen LogP contribution in [0.2, 0.25) is 5.02 Å². The van der Waals surface area contributed by atoms with E-state index >= 15 is 0 Å². The number of hydrogen-bond acceptors (Lipinski definition) is 10. The maximum absolute atomic E-state index is 13.1. The summed E-state index contributed by atoms with van der Waals surface area (Å²) >= 11 is 6.50. The molecule has 4 rings (SSSR count). The van der Waals surface area contributed by atoms with Crippen molar-refractivity contribution in [2.45, 2.75) is 19.1 Å². The summed E-state index contributed by atoms with van der Waals surface area (Å²) in [6.45, 7) is 1.65. The van der Waals surface area contributed by atoms with E-state index in [0.717, 1.165) is 17.5 Å². The van der Waals surface area contributed by atoms with Crippen molar-refractivity contribution in [1.82, 2.24) is 30.2 Å². The number of halogens is 4. The third-order valence-corrected chi connectivity index (χ3v) is 6.31. The Morgan fingerprint density at radius 3 is 2.50 bits per heavy atom. The molecule has 0 fully saturated rings. The molecule has 1 unspecified atom stereocenters. The minimum atomic E-state index is -4.71. The number of carbonyl (C=O) groups excluding carboxylic acids is 2. The van der Waals surface area contributed by atoms with Crippen LogP contribution < -0.4 is 21.7 Å². The number of pyridine rings is 2. The number of rotatable bonds is 7. The maximum atomic E-state index is 13.1. The first-order valence-electron chi connectivity index (χ1n) is 10.6. The van der Waals surface area contributed by atoms with E-state index in [9.17, 15) is 22.8 Å². The normalized spacial score (nSPS) is 12.0. The Kier molecular flexibility index (Phi) is 7.68. The molecule has 2 amide bonds. The summed E-state index contributed by atoms with van der Waals surface area (Å²) in [5, 5.41) is 7.78. The number of carbonyl (C=O) groups is 2. The number of amides is 2. The van der Waals surface area contributed by atoms with Crippen LogP contribution >= 0.6 is 22.9 Å². The molecule has 1 atom stereocenters. The second-order valence-corrected chi connectivity index (χ2v) is 9.11. The van der Waals surface area contributed by atoms with Gasteiger partial charge in [-0.3, -0.25) is 9.59 Å². The van der Waals surface area contributed by atoms with Crippen molar-refractivity contribution in [1.29, 1.82) is 0 Å². The largest absolute Gasteiger partial charge is 0.418 e. The van der Waals surface area contributed by atoms with Gasteiger partial charge < -0.3 is 21.7 Å². The third kappa shape index (κ3) is 6.49. The van der Waals surface area contributed by atoms with E-state index in [-0.39, 0.29) is 16.4 Å². The van der Waals surface area contributed by atoms with E-state index in [1.807, 2.05) is 0 Å². The fourth-order valence-corrected chi connectivity index (χ4v) is 4.03. The highest BCUT2D eigenvalue weighted by molar-refractivity contribution is 7.13. The van der Waals surface area contributed by atoms with Crippen LogP contribution in [0.1, 0.15) is 43.7 Å². The lowest BCUT2D eigenvalue weighted by molar-refractivity contribution is -0.137. The average molecular weight is 564 g/mol. The molecule has 0 saturated carbocycles. The second-order valence-electron chi connectivity index (χ2n) is 7.64. The summed E-state index contributed by atoms with van der Waals surface area (Å²) in [6.07, 6.45) is 0.0577. The lowest BCUT2D eigenvalue weighted by Gasteiger charge is -2.12. The van der Waals surface area contributed by atoms with Crippen molar-refractivity contribution in [3.05, 3.63) is 75.3 Å². The Hall–Kier alpha value is -4.37. The molecule has 0 radical (unpaired) electrons. The van der Waals surface area contributed by atoms with Crippen molar-refractivity contribution in [2.24, 2.45) is 0 Å².